The zero-order chi connectivity index (χ0) is 15.5. The number of benzene rings is 2. The molecule has 0 bridgehead atoms. The van der Waals surface area contributed by atoms with Gasteiger partial charge in [0, 0.05) is 11.6 Å². The van der Waals surface area contributed by atoms with E-state index in [0.717, 1.165) is 0 Å². The molecule has 2 aromatic rings. The van der Waals surface area contributed by atoms with Gasteiger partial charge in [-0.2, -0.15) is 0 Å². The summed E-state index contributed by atoms with van der Waals surface area (Å²) in [5, 5.41) is 3.35. The Kier molecular flexibility index (Phi) is 4.85. The molecule has 0 unspecified atom stereocenters. The second-order valence-electron chi connectivity index (χ2n) is 4.49. The lowest BCUT2D eigenvalue weighted by molar-refractivity contribution is 0.597. The molecule has 6 heteroatoms. The van der Waals surface area contributed by atoms with Crippen molar-refractivity contribution in [2.75, 3.05) is 11.1 Å². The van der Waals surface area contributed by atoms with Gasteiger partial charge >= 0.3 is 0 Å². The fourth-order valence-corrected chi connectivity index (χ4v) is 3.20. The summed E-state index contributed by atoms with van der Waals surface area (Å²) in [6, 6.07) is 10.8. The lowest BCUT2D eigenvalue weighted by atomic mass is 10.2. The van der Waals surface area contributed by atoms with Crippen molar-refractivity contribution in [2.45, 2.75) is 18.4 Å². The molecule has 21 heavy (non-hydrogen) atoms. The van der Waals surface area contributed by atoms with E-state index in [1.165, 1.54) is 12.1 Å². The van der Waals surface area contributed by atoms with E-state index in [4.69, 9.17) is 11.6 Å². The van der Waals surface area contributed by atoms with Crippen LogP contribution in [0.4, 0.5) is 10.1 Å². The molecule has 0 spiro atoms. The van der Waals surface area contributed by atoms with Gasteiger partial charge in [0.25, 0.3) is 0 Å². The maximum Gasteiger partial charge on any atom is 0.180 e. The lowest BCUT2D eigenvalue weighted by Crippen LogP contribution is -2.09. The summed E-state index contributed by atoms with van der Waals surface area (Å²) in [4.78, 5) is 0.255. The molecular weight excluding hydrogens is 313 g/mol. The Balaban J connectivity index is 2.25. The highest BCUT2D eigenvalue weighted by atomic mass is 35.5. The summed E-state index contributed by atoms with van der Waals surface area (Å²) >= 11 is 5.95. The van der Waals surface area contributed by atoms with Crippen molar-refractivity contribution >= 4 is 27.1 Å². The van der Waals surface area contributed by atoms with Gasteiger partial charge in [-0.15, -0.1) is 0 Å². The highest BCUT2D eigenvalue weighted by molar-refractivity contribution is 7.91. The van der Waals surface area contributed by atoms with Crippen LogP contribution in [0, 0.1) is 5.82 Å². The standard InChI is InChI=1S/C15H15ClFNO2S/c1-2-21(19,20)15-6-4-3-5-14(15)18-10-11-7-8-12(17)9-13(11)16/h3-9,18H,2,10H2,1H3. The van der Waals surface area contributed by atoms with Crippen LogP contribution in [0.2, 0.25) is 5.02 Å². The molecule has 0 atom stereocenters. The van der Waals surface area contributed by atoms with Crippen LogP contribution >= 0.6 is 11.6 Å². The van der Waals surface area contributed by atoms with Crippen molar-refractivity contribution in [3.8, 4) is 0 Å². The van der Waals surface area contributed by atoms with Crippen LogP contribution in [0.3, 0.4) is 0 Å². The third kappa shape index (κ3) is 3.74. The van der Waals surface area contributed by atoms with E-state index in [9.17, 15) is 12.8 Å². The Bertz CT molecular complexity index is 747. The number of hydrogen-bond donors (Lipinski definition) is 1. The van der Waals surface area contributed by atoms with E-state index in [1.54, 1.807) is 37.3 Å². The van der Waals surface area contributed by atoms with E-state index in [-0.39, 0.29) is 10.6 Å². The molecule has 0 amide bonds. The fourth-order valence-electron chi connectivity index (χ4n) is 1.89. The second-order valence-corrected chi connectivity index (χ2v) is 7.14. The molecule has 0 aliphatic heterocycles. The Morgan fingerprint density at radius 3 is 2.57 bits per heavy atom. The van der Waals surface area contributed by atoms with Crippen LogP contribution in [-0.4, -0.2) is 14.2 Å². The summed E-state index contributed by atoms with van der Waals surface area (Å²) in [6.07, 6.45) is 0. The molecule has 2 rings (SSSR count). The molecule has 2 aromatic carbocycles. The Hall–Kier alpha value is -1.59. The highest BCUT2D eigenvalue weighted by Gasteiger charge is 2.16. The normalized spacial score (nSPS) is 11.4. The van der Waals surface area contributed by atoms with Crippen LogP contribution in [-0.2, 0) is 16.4 Å². The van der Waals surface area contributed by atoms with Gasteiger partial charge in [0.2, 0.25) is 0 Å². The zero-order valence-electron chi connectivity index (χ0n) is 11.4. The first-order valence-electron chi connectivity index (χ1n) is 6.43. The Morgan fingerprint density at radius 2 is 1.90 bits per heavy atom. The number of halogens is 2. The average molecular weight is 328 g/mol. The maximum absolute atomic E-state index is 13.0. The van der Waals surface area contributed by atoms with Gasteiger partial charge in [-0.25, -0.2) is 12.8 Å². The number of rotatable bonds is 5. The van der Waals surface area contributed by atoms with Crippen molar-refractivity contribution in [1.29, 1.82) is 0 Å². The SMILES string of the molecule is CCS(=O)(=O)c1ccccc1NCc1ccc(F)cc1Cl. The monoisotopic (exact) mass is 327 g/mol. The van der Waals surface area contributed by atoms with Gasteiger partial charge in [-0.3, -0.25) is 0 Å². The summed E-state index contributed by atoms with van der Waals surface area (Å²) in [6.45, 7) is 1.91. The number of para-hydroxylation sites is 1. The van der Waals surface area contributed by atoms with Crippen molar-refractivity contribution in [3.05, 3.63) is 58.9 Å². The van der Waals surface area contributed by atoms with Gasteiger partial charge in [0.05, 0.1) is 16.3 Å². The third-order valence-corrected chi connectivity index (χ3v) is 5.22. The van der Waals surface area contributed by atoms with Crippen LogP contribution in [0.1, 0.15) is 12.5 Å². The van der Waals surface area contributed by atoms with E-state index in [1.807, 2.05) is 0 Å². The van der Waals surface area contributed by atoms with Crippen molar-refractivity contribution < 1.29 is 12.8 Å². The number of hydrogen-bond acceptors (Lipinski definition) is 3. The van der Waals surface area contributed by atoms with Crippen molar-refractivity contribution in [2.24, 2.45) is 0 Å². The predicted molar refractivity (Wildman–Crippen MR) is 82.9 cm³/mol. The van der Waals surface area contributed by atoms with Gasteiger partial charge in [-0.05, 0) is 29.8 Å². The van der Waals surface area contributed by atoms with Gasteiger partial charge in [-0.1, -0.05) is 36.7 Å². The van der Waals surface area contributed by atoms with Crippen molar-refractivity contribution in [3.63, 3.8) is 0 Å². The summed E-state index contributed by atoms with van der Waals surface area (Å²) in [7, 11) is -3.31. The molecule has 0 aliphatic rings. The van der Waals surface area contributed by atoms with E-state index in [2.05, 4.69) is 5.32 Å². The fraction of sp³-hybridized carbons (Fsp3) is 0.200. The number of nitrogens with one attached hydrogen (secondary N) is 1. The van der Waals surface area contributed by atoms with Gasteiger partial charge < -0.3 is 5.32 Å². The van der Waals surface area contributed by atoms with Crippen molar-refractivity contribution in [1.82, 2.24) is 0 Å². The van der Waals surface area contributed by atoms with Gasteiger partial charge in [0.15, 0.2) is 9.84 Å². The third-order valence-electron chi connectivity index (χ3n) is 3.09. The summed E-state index contributed by atoms with van der Waals surface area (Å²) in [5.41, 5.74) is 1.21. The molecule has 0 saturated carbocycles. The highest BCUT2D eigenvalue weighted by Crippen LogP contribution is 2.24. The minimum Gasteiger partial charge on any atom is -0.380 e. The molecule has 0 radical (unpaired) electrons. The first-order chi connectivity index (χ1) is 9.94. The lowest BCUT2D eigenvalue weighted by Gasteiger charge is -2.12. The molecule has 0 heterocycles. The molecule has 0 aromatic heterocycles. The molecule has 1 N–H and O–H groups in total. The minimum absolute atomic E-state index is 0.0308. The second kappa shape index (κ2) is 6.45. The van der Waals surface area contributed by atoms with Crippen LogP contribution in [0.5, 0.6) is 0 Å². The maximum atomic E-state index is 13.0. The first kappa shape index (κ1) is 15.8. The first-order valence-corrected chi connectivity index (χ1v) is 8.46. The van der Waals surface area contributed by atoms with Crippen LogP contribution in [0.15, 0.2) is 47.4 Å². The molecule has 3 nitrogen and oxygen atoms in total. The Labute approximate surface area is 128 Å². The average Bonchev–Trinajstić information content (AvgIpc) is 2.46. The minimum atomic E-state index is -3.31. The molecule has 0 fully saturated rings. The quantitative estimate of drug-likeness (QED) is 0.906. The number of anilines is 1. The smallest absolute Gasteiger partial charge is 0.180 e. The van der Waals surface area contributed by atoms with Gasteiger partial charge in [0.1, 0.15) is 5.82 Å². The van der Waals surface area contributed by atoms with E-state index in [0.29, 0.717) is 22.8 Å². The number of sulfone groups is 1. The summed E-state index contributed by atoms with van der Waals surface area (Å²) in [5.74, 6) is -0.374. The molecule has 0 aliphatic carbocycles. The molecular formula is C15H15ClFNO2S. The molecule has 112 valence electrons. The molecule has 0 saturated heterocycles. The van der Waals surface area contributed by atoms with Crippen LogP contribution < -0.4 is 5.32 Å². The summed E-state index contributed by atoms with van der Waals surface area (Å²) < 4.78 is 37.1. The predicted octanol–water partition coefficient (Wildman–Crippen LogP) is 3.88. The van der Waals surface area contributed by atoms with E-state index >= 15 is 0 Å². The van der Waals surface area contributed by atoms with Crippen LogP contribution in [0.25, 0.3) is 0 Å². The topological polar surface area (TPSA) is 46.2 Å². The zero-order valence-corrected chi connectivity index (χ0v) is 13.0. The largest absolute Gasteiger partial charge is 0.380 e. The van der Waals surface area contributed by atoms with E-state index < -0.39 is 15.7 Å². The Morgan fingerprint density at radius 1 is 1.19 bits per heavy atom.